The average molecular weight is 330 g/mol. The van der Waals surface area contributed by atoms with E-state index in [1.165, 1.54) is 0 Å². The normalized spacial score (nSPS) is 29.3. The van der Waals surface area contributed by atoms with Gasteiger partial charge < -0.3 is 10.3 Å². The average Bonchev–Trinajstić information content (AvgIpc) is 2.91. The zero-order chi connectivity index (χ0) is 15.4. The number of aromatic nitrogens is 2. The van der Waals surface area contributed by atoms with Crippen LogP contribution < -0.4 is 5.73 Å². The van der Waals surface area contributed by atoms with E-state index >= 15 is 0 Å². The number of hydrogen-bond acceptors (Lipinski definition) is 6. The predicted octanol–water partition coefficient (Wildman–Crippen LogP) is 3.99. The van der Waals surface area contributed by atoms with E-state index in [-0.39, 0.29) is 6.04 Å². The summed E-state index contributed by atoms with van der Waals surface area (Å²) in [6, 6.07) is 0.273. The Hall–Kier alpha value is -0.200. The first-order valence-corrected chi connectivity index (χ1v) is 9.82. The third-order valence-electron chi connectivity index (χ3n) is 4.01. The lowest BCUT2D eigenvalue weighted by Gasteiger charge is -2.29. The van der Waals surface area contributed by atoms with Gasteiger partial charge in [-0.05, 0) is 19.8 Å². The molecule has 1 aliphatic rings. The molecule has 1 saturated heterocycles. The minimum absolute atomic E-state index is 0.273. The smallest absolute Gasteiger partial charge is 0.229 e. The van der Waals surface area contributed by atoms with Crippen LogP contribution in [0, 0.1) is 0 Å². The van der Waals surface area contributed by atoms with E-state index < -0.39 is 0 Å². The van der Waals surface area contributed by atoms with Crippen molar-refractivity contribution in [2.45, 2.75) is 74.7 Å². The molecule has 2 N–H and O–H groups in total. The summed E-state index contributed by atoms with van der Waals surface area (Å²) in [5, 5.41) is 5.93. The van der Waals surface area contributed by atoms with Gasteiger partial charge in [0.2, 0.25) is 5.89 Å². The molecule has 0 saturated carbocycles. The highest BCUT2D eigenvalue weighted by Gasteiger charge is 2.30. The number of rotatable bonds is 6. The molecule has 1 aliphatic heterocycles. The first-order valence-electron chi connectivity index (χ1n) is 7.83. The van der Waals surface area contributed by atoms with Gasteiger partial charge in [0.1, 0.15) is 0 Å². The lowest BCUT2D eigenvalue weighted by atomic mass is 10.0. The van der Waals surface area contributed by atoms with Crippen molar-refractivity contribution < 1.29 is 4.52 Å². The number of nitrogens with zero attached hydrogens (tertiary/aromatic N) is 2. The Morgan fingerprint density at radius 1 is 1.29 bits per heavy atom. The Bertz CT molecular complexity index is 438. The molecule has 1 fully saturated rings. The summed E-state index contributed by atoms with van der Waals surface area (Å²) >= 11 is 3.98. The summed E-state index contributed by atoms with van der Waals surface area (Å²) < 4.78 is 5.48. The fraction of sp³-hybridized carbons (Fsp3) is 0.867. The van der Waals surface area contributed by atoms with Gasteiger partial charge in [0.25, 0.3) is 0 Å². The van der Waals surface area contributed by atoms with Crippen LogP contribution in [0.2, 0.25) is 0 Å². The monoisotopic (exact) mass is 329 g/mol. The molecule has 5 atom stereocenters. The largest absolute Gasteiger partial charge is 0.339 e. The van der Waals surface area contributed by atoms with Crippen LogP contribution in [0.3, 0.4) is 0 Å². The van der Waals surface area contributed by atoms with Crippen LogP contribution in [0.15, 0.2) is 4.52 Å². The van der Waals surface area contributed by atoms with Gasteiger partial charge in [0.15, 0.2) is 5.82 Å². The molecule has 2 heterocycles. The molecule has 4 nitrogen and oxygen atoms in total. The summed E-state index contributed by atoms with van der Waals surface area (Å²) in [6.45, 7) is 8.79. The van der Waals surface area contributed by atoms with Gasteiger partial charge in [-0.25, -0.2) is 0 Å². The molecule has 1 aromatic rings. The Balaban J connectivity index is 1.88. The molecule has 0 amide bonds. The Kier molecular flexibility index (Phi) is 6.44. The standard InChI is InChI=1S/C15H27N3OS2/c1-9(6-5-7-10(2)16)15-17-14(18-19-15)13-8-20-11(3)12(4)21-13/h9-13H,5-8,16H2,1-4H3. The van der Waals surface area contributed by atoms with Crippen LogP contribution in [0.25, 0.3) is 0 Å². The second-order valence-electron chi connectivity index (χ2n) is 6.17. The molecule has 120 valence electrons. The molecule has 0 radical (unpaired) electrons. The molecule has 6 heteroatoms. The van der Waals surface area contributed by atoms with Gasteiger partial charge in [-0.3, -0.25) is 0 Å². The van der Waals surface area contributed by atoms with Gasteiger partial charge in [-0.15, -0.1) is 11.8 Å². The molecule has 5 unspecified atom stereocenters. The quantitative estimate of drug-likeness (QED) is 0.851. The van der Waals surface area contributed by atoms with E-state index in [4.69, 9.17) is 10.3 Å². The van der Waals surface area contributed by atoms with Gasteiger partial charge in [0.05, 0.1) is 5.25 Å². The van der Waals surface area contributed by atoms with Crippen LogP contribution in [0.4, 0.5) is 0 Å². The Morgan fingerprint density at radius 3 is 2.71 bits per heavy atom. The van der Waals surface area contributed by atoms with E-state index in [1.54, 1.807) is 0 Å². The third-order valence-corrected chi connectivity index (χ3v) is 7.40. The van der Waals surface area contributed by atoms with Crippen molar-refractivity contribution in [1.82, 2.24) is 10.1 Å². The summed E-state index contributed by atoms with van der Waals surface area (Å²) in [5.41, 5.74) is 5.79. The van der Waals surface area contributed by atoms with Gasteiger partial charge in [0, 0.05) is 28.2 Å². The molecule has 0 aromatic carbocycles. The second-order valence-corrected chi connectivity index (χ2v) is 9.16. The van der Waals surface area contributed by atoms with Crippen molar-refractivity contribution in [3.63, 3.8) is 0 Å². The SMILES string of the molecule is CC(N)CCCC(C)c1nc(C2CSC(C)C(C)S2)no1. The predicted molar refractivity (Wildman–Crippen MR) is 91.9 cm³/mol. The first-order chi connectivity index (χ1) is 9.97. The van der Waals surface area contributed by atoms with Crippen LogP contribution in [-0.4, -0.2) is 32.4 Å². The maximum absolute atomic E-state index is 5.79. The van der Waals surface area contributed by atoms with E-state index in [0.29, 0.717) is 21.7 Å². The van der Waals surface area contributed by atoms with Crippen molar-refractivity contribution in [2.75, 3.05) is 5.75 Å². The van der Waals surface area contributed by atoms with Crippen molar-refractivity contribution in [1.29, 1.82) is 0 Å². The highest BCUT2D eigenvalue weighted by molar-refractivity contribution is 8.07. The number of nitrogens with two attached hydrogens (primary N) is 1. The molecule has 0 aliphatic carbocycles. The van der Waals surface area contributed by atoms with Crippen molar-refractivity contribution in [3.05, 3.63) is 11.7 Å². The van der Waals surface area contributed by atoms with Crippen LogP contribution >= 0.6 is 23.5 Å². The maximum Gasteiger partial charge on any atom is 0.229 e. The highest BCUT2D eigenvalue weighted by Crippen LogP contribution is 2.43. The molecule has 21 heavy (non-hydrogen) atoms. The molecule has 1 aromatic heterocycles. The number of thioether (sulfide) groups is 2. The Labute approximate surface area is 136 Å². The van der Waals surface area contributed by atoms with Gasteiger partial charge >= 0.3 is 0 Å². The lowest BCUT2D eigenvalue weighted by Crippen LogP contribution is -2.22. The van der Waals surface area contributed by atoms with E-state index in [2.05, 4.69) is 37.8 Å². The van der Waals surface area contributed by atoms with Gasteiger partial charge in [-0.2, -0.15) is 16.7 Å². The van der Waals surface area contributed by atoms with E-state index in [1.807, 2.05) is 23.5 Å². The molecular formula is C15H27N3OS2. The van der Waals surface area contributed by atoms with Gasteiger partial charge in [-0.1, -0.05) is 32.3 Å². The number of hydrogen-bond donors (Lipinski definition) is 1. The van der Waals surface area contributed by atoms with Crippen LogP contribution in [0.1, 0.15) is 69.8 Å². The fourth-order valence-corrected chi connectivity index (χ4v) is 5.20. The molecule has 0 bridgehead atoms. The van der Waals surface area contributed by atoms with Crippen LogP contribution in [0.5, 0.6) is 0 Å². The molecule has 2 rings (SSSR count). The Morgan fingerprint density at radius 2 is 2.05 bits per heavy atom. The fourth-order valence-electron chi connectivity index (χ4n) is 2.37. The van der Waals surface area contributed by atoms with E-state index in [9.17, 15) is 0 Å². The minimum atomic E-state index is 0.273. The summed E-state index contributed by atoms with van der Waals surface area (Å²) in [4.78, 5) is 4.65. The zero-order valence-corrected chi connectivity index (χ0v) is 15.0. The minimum Gasteiger partial charge on any atom is -0.339 e. The first kappa shape index (κ1) is 17.2. The summed E-state index contributed by atoms with van der Waals surface area (Å²) in [6.07, 6.45) is 3.22. The molecular weight excluding hydrogens is 302 g/mol. The highest BCUT2D eigenvalue weighted by atomic mass is 32.2. The second kappa shape index (κ2) is 7.88. The topological polar surface area (TPSA) is 64.9 Å². The maximum atomic E-state index is 5.79. The van der Waals surface area contributed by atoms with Crippen molar-refractivity contribution in [2.24, 2.45) is 5.73 Å². The van der Waals surface area contributed by atoms with Crippen LogP contribution in [-0.2, 0) is 0 Å². The lowest BCUT2D eigenvalue weighted by molar-refractivity contribution is 0.346. The van der Waals surface area contributed by atoms with Crippen molar-refractivity contribution in [3.8, 4) is 0 Å². The third kappa shape index (κ3) is 4.89. The van der Waals surface area contributed by atoms with E-state index in [0.717, 1.165) is 36.7 Å². The molecule has 0 spiro atoms. The van der Waals surface area contributed by atoms with Crippen molar-refractivity contribution >= 4 is 23.5 Å². The summed E-state index contributed by atoms with van der Waals surface area (Å²) in [7, 11) is 0. The summed E-state index contributed by atoms with van der Waals surface area (Å²) in [5.74, 6) is 3.06. The zero-order valence-electron chi connectivity index (χ0n) is 13.4.